The van der Waals surface area contributed by atoms with Crippen LogP contribution >= 0.6 is 0 Å². The van der Waals surface area contributed by atoms with Gasteiger partial charge >= 0.3 is 5.97 Å². The Bertz CT molecular complexity index is 546. The minimum Gasteiger partial charge on any atom is -0.489 e. The molecule has 0 bridgehead atoms. The molecule has 140 valence electrons. The van der Waals surface area contributed by atoms with E-state index in [0.717, 1.165) is 37.6 Å². The summed E-state index contributed by atoms with van der Waals surface area (Å²) in [5.41, 5.74) is 1.18. The first-order valence-corrected chi connectivity index (χ1v) is 8.87. The van der Waals surface area contributed by atoms with Crippen molar-refractivity contribution in [1.29, 1.82) is 0 Å². The van der Waals surface area contributed by atoms with Crippen LogP contribution in [0.3, 0.4) is 0 Å². The van der Waals surface area contributed by atoms with E-state index in [4.69, 9.17) is 4.74 Å². The SMILES string of the molecule is CCNC(=NCC(C)Oc1cccc(C)c1)NCCCCC(=O)OC. The van der Waals surface area contributed by atoms with Crippen LogP contribution in [0.15, 0.2) is 29.3 Å². The summed E-state index contributed by atoms with van der Waals surface area (Å²) < 4.78 is 10.5. The van der Waals surface area contributed by atoms with Gasteiger partial charge in [0.15, 0.2) is 5.96 Å². The summed E-state index contributed by atoms with van der Waals surface area (Å²) >= 11 is 0. The van der Waals surface area contributed by atoms with Crippen molar-refractivity contribution in [2.24, 2.45) is 4.99 Å². The van der Waals surface area contributed by atoms with Gasteiger partial charge in [-0.15, -0.1) is 0 Å². The molecule has 1 unspecified atom stereocenters. The Morgan fingerprint density at radius 3 is 2.76 bits per heavy atom. The van der Waals surface area contributed by atoms with E-state index in [1.807, 2.05) is 45.0 Å². The maximum absolute atomic E-state index is 11.1. The molecule has 0 saturated carbocycles. The number of hydrogen-bond donors (Lipinski definition) is 2. The Morgan fingerprint density at radius 1 is 1.28 bits per heavy atom. The first-order chi connectivity index (χ1) is 12.0. The molecule has 0 amide bonds. The molecule has 0 saturated heterocycles. The van der Waals surface area contributed by atoms with Gasteiger partial charge in [-0.05, 0) is 51.3 Å². The molecule has 2 N–H and O–H groups in total. The van der Waals surface area contributed by atoms with Gasteiger partial charge in [-0.2, -0.15) is 0 Å². The van der Waals surface area contributed by atoms with E-state index in [-0.39, 0.29) is 12.1 Å². The summed E-state index contributed by atoms with van der Waals surface area (Å²) in [5, 5.41) is 6.49. The smallest absolute Gasteiger partial charge is 0.305 e. The van der Waals surface area contributed by atoms with Crippen molar-refractivity contribution in [3.05, 3.63) is 29.8 Å². The lowest BCUT2D eigenvalue weighted by Crippen LogP contribution is -2.38. The van der Waals surface area contributed by atoms with Crippen molar-refractivity contribution in [3.8, 4) is 5.75 Å². The number of ether oxygens (including phenoxy) is 2. The number of rotatable bonds is 10. The fraction of sp³-hybridized carbons (Fsp3) is 0.579. The number of aliphatic imine (C=N–C) groups is 1. The van der Waals surface area contributed by atoms with Gasteiger partial charge in [0.2, 0.25) is 0 Å². The Balaban J connectivity index is 2.36. The van der Waals surface area contributed by atoms with Gasteiger partial charge in [0.1, 0.15) is 11.9 Å². The molecule has 1 aromatic rings. The highest BCUT2D eigenvalue weighted by atomic mass is 16.5. The van der Waals surface area contributed by atoms with E-state index < -0.39 is 0 Å². The minimum atomic E-state index is -0.164. The number of unbranched alkanes of at least 4 members (excludes halogenated alkanes) is 1. The number of nitrogens with one attached hydrogen (secondary N) is 2. The van der Waals surface area contributed by atoms with E-state index in [1.165, 1.54) is 12.7 Å². The van der Waals surface area contributed by atoms with Gasteiger partial charge in [0, 0.05) is 19.5 Å². The van der Waals surface area contributed by atoms with Crippen LogP contribution in [0.2, 0.25) is 0 Å². The maximum atomic E-state index is 11.1. The van der Waals surface area contributed by atoms with Gasteiger partial charge in [-0.25, -0.2) is 4.99 Å². The third-order valence-corrected chi connectivity index (χ3v) is 3.51. The van der Waals surface area contributed by atoms with Crippen molar-refractivity contribution in [3.63, 3.8) is 0 Å². The maximum Gasteiger partial charge on any atom is 0.305 e. The van der Waals surface area contributed by atoms with E-state index in [9.17, 15) is 4.79 Å². The predicted octanol–water partition coefficient (Wildman–Crippen LogP) is 2.66. The summed E-state index contributed by atoms with van der Waals surface area (Å²) in [6.45, 7) is 8.19. The summed E-state index contributed by atoms with van der Waals surface area (Å²) in [7, 11) is 1.41. The molecule has 1 atom stereocenters. The van der Waals surface area contributed by atoms with Crippen LogP contribution in [0.5, 0.6) is 5.75 Å². The molecule has 0 aliphatic heterocycles. The van der Waals surface area contributed by atoms with Gasteiger partial charge in [0.25, 0.3) is 0 Å². The van der Waals surface area contributed by atoms with Crippen LogP contribution in [0.1, 0.15) is 38.7 Å². The molecule has 0 fully saturated rings. The van der Waals surface area contributed by atoms with Crippen molar-refractivity contribution in [2.75, 3.05) is 26.7 Å². The van der Waals surface area contributed by atoms with Crippen molar-refractivity contribution in [2.45, 2.75) is 46.1 Å². The number of esters is 1. The third-order valence-electron chi connectivity index (χ3n) is 3.51. The van der Waals surface area contributed by atoms with E-state index in [0.29, 0.717) is 13.0 Å². The zero-order chi connectivity index (χ0) is 18.5. The van der Waals surface area contributed by atoms with Gasteiger partial charge in [-0.1, -0.05) is 12.1 Å². The monoisotopic (exact) mass is 349 g/mol. The Morgan fingerprint density at radius 2 is 2.08 bits per heavy atom. The molecule has 0 aromatic heterocycles. The van der Waals surface area contributed by atoms with Crippen LogP contribution in [-0.2, 0) is 9.53 Å². The summed E-state index contributed by atoms with van der Waals surface area (Å²) in [5.74, 6) is 1.46. The molecular weight excluding hydrogens is 318 g/mol. The topological polar surface area (TPSA) is 72.0 Å². The molecule has 0 aliphatic rings. The average molecular weight is 349 g/mol. The molecular formula is C19H31N3O3. The second-order valence-electron chi connectivity index (χ2n) is 5.92. The number of guanidine groups is 1. The number of carbonyl (C=O) groups is 1. The Hall–Kier alpha value is -2.24. The average Bonchev–Trinajstić information content (AvgIpc) is 2.59. The highest BCUT2D eigenvalue weighted by molar-refractivity contribution is 5.79. The van der Waals surface area contributed by atoms with Gasteiger partial charge in [-0.3, -0.25) is 4.79 Å². The number of hydrogen-bond acceptors (Lipinski definition) is 4. The van der Waals surface area contributed by atoms with Gasteiger partial charge in [0.05, 0.1) is 13.7 Å². The summed E-state index contributed by atoms with van der Waals surface area (Å²) in [6.07, 6.45) is 2.12. The normalized spacial score (nSPS) is 12.4. The standard InChI is InChI=1S/C19H31N3O3/c1-5-20-19(21-12-7-6-11-18(23)24-4)22-14-16(3)25-17-10-8-9-15(2)13-17/h8-10,13,16H,5-7,11-12,14H2,1-4H3,(H2,20,21,22). The third kappa shape index (κ3) is 9.59. The molecule has 6 nitrogen and oxygen atoms in total. The fourth-order valence-corrected chi connectivity index (χ4v) is 2.22. The minimum absolute atomic E-state index is 0.0171. The van der Waals surface area contributed by atoms with Crippen LogP contribution < -0.4 is 15.4 Å². The molecule has 1 rings (SSSR count). The first kappa shape index (κ1) is 20.8. The Kier molecular flexibility index (Phi) is 10.1. The number of carbonyl (C=O) groups excluding carboxylic acids is 1. The molecule has 6 heteroatoms. The van der Waals surface area contributed by atoms with Crippen LogP contribution in [0.25, 0.3) is 0 Å². The van der Waals surface area contributed by atoms with E-state index in [2.05, 4.69) is 20.4 Å². The van der Waals surface area contributed by atoms with Crippen molar-refractivity contribution < 1.29 is 14.3 Å². The van der Waals surface area contributed by atoms with Crippen molar-refractivity contribution >= 4 is 11.9 Å². The highest BCUT2D eigenvalue weighted by Gasteiger charge is 2.05. The molecule has 0 aliphatic carbocycles. The van der Waals surface area contributed by atoms with Crippen LogP contribution in [-0.4, -0.2) is 44.8 Å². The number of aryl methyl sites for hydroxylation is 1. The zero-order valence-corrected chi connectivity index (χ0v) is 15.8. The first-order valence-electron chi connectivity index (χ1n) is 8.87. The fourth-order valence-electron chi connectivity index (χ4n) is 2.22. The molecule has 25 heavy (non-hydrogen) atoms. The van der Waals surface area contributed by atoms with Crippen molar-refractivity contribution in [1.82, 2.24) is 10.6 Å². The van der Waals surface area contributed by atoms with Crippen LogP contribution in [0, 0.1) is 6.92 Å². The lowest BCUT2D eigenvalue weighted by atomic mass is 10.2. The number of benzene rings is 1. The molecule has 0 radical (unpaired) electrons. The predicted molar refractivity (Wildman–Crippen MR) is 101 cm³/mol. The Labute approximate surface area is 151 Å². The lowest BCUT2D eigenvalue weighted by Gasteiger charge is -2.15. The second-order valence-corrected chi connectivity index (χ2v) is 5.92. The second kappa shape index (κ2) is 12.2. The largest absolute Gasteiger partial charge is 0.489 e. The van der Waals surface area contributed by atoms with Crippen LogP contribution in [0.4, 0.5) is 0 Å². The highest BCUT2D eigenvalue weighted by Crippen LogP contribution is 2.14. The molecule has 0 heterocycles. The zero-order valence-electron chi connectivity index (χ0n) is 15.8. The number of nitrogens with zero attached hydrogens (tertiary/aromatic N) is 1. The molecule has 0 spiro atoms. The quantitative estimate of drug-likeness (QED) is 0.294. The van der Waals surface area contributed by atoms with Gasteiger partial charge < -0.3 is 20.1 Å². The van der Waals surface area contributed by atoms with E-state index in [1.54, 1.807) is 0 Å². The van der Waals surface area contributed by atoms with E-state index >= 15 is 0 Å². The summed E-state index contributed by atoms with van der Waals surface area (Å²) in [4.78, 5) is 15.6. The molecule has 1 aromatic carbocycles. The summed E-state index contributed by atoms with van der Waals surface area (Å²) in [6, 6.07) is 8.01. The lowest BCUT2D eigenvalue weighted by molar-refractivity contribution is -0.140. The number of methoxy groups -OCH3 is 1.